The molecule has 0 radical (unpaired) electrons. The normalized spacial score (nSPS) is 14.2. The molecule has 1 saturated heterocycles. The van der Waals surface area contributed by atoms with Crippen molar-refractivity contribution in [2.45, 2.75) is 27.7 Å². The minimum atomic E-state index is -0.288. The number of halogens is 1. The average Bonchev–Trinajstić information content (AvgIpc) is 3.29. The highest BCUT2D eigenvalue weighted by Crippen LogP contribution is 2.30. The van der Waals surface area contributed by atoms with Gasteiger partial charge in [-0.3, -0.25) is 4.79 Å². The minimum absolute atomic E-state index is 0.0289. The number of hydrogen-bond donors (Lipinski definition) is 2. The van der Waals surface area contributed by atoms with Crippen LogP contribution in [0, 0.1) is 18.2 Å². The molecule has 2 heterocycles. The topological polar surface area (TPSA) is 70.4 Å². The Kier molecular flexibility index (Phi) is 7.16. The summed E-state index contributed by atoms with van der Waals surface area (Å²) in [6, 6.07) is 12.6. The standard InChI is InChI=1S/C26H31FN4O2S/c1-17-5-6-19(29-20-11-18(27)12-21(13-20)31-7-9-34-10-8-31)14-22(17)23-15-24(33-30-23)25(32)28-16-26(2,3)4/h5-6,11-15,29H,7-10,16H2,1-4H3,(H,28,32). The second-order valence-electron chi connectivity index (χ2n) is 9.77. The van der Waals surface area contributed by atoms with Crippen molar-refractivity contribution in [1.82, 2.24) is 10.5 Å². The predicted octanol–water partition coefficient (Wildman–Crippen LogP) is 5.86. The van der Waals surface area contributed by atoms with E-state index in [9.17, 15) is 9.18 Å². The van der Waals surface area contributed by atoms with E-state index in [1.54, 1.807) is 12.1 Å². The van der Waals surface area contributed by atoms with E-state index in [1.807, 2.05) is 63.7 Å². The largest absolute Gasteiger partial charge is 0.370 e. The van der Waals surface area contributed by atoms with E-state index in [2.05, 4.69) is 20.7 Å². The number of carbonyl (C=O) groups excluding carboxylic acids is 1. The van der Waals surface area contributed by atoms with Gasteiger partial charge in [0.1, 0.15) is 11.5 Å². The molecule has 34 heavy (non-hydrogen) atoms. The third-order valence-electron chi connectivity index (χ3n) is 5.57. The number of nitrogens with one attached hydrogen (secondary N) is 2. The first-order valence-corrected chi connectivity index (χ1v) is 12.6. The van der Waals surface area contributed by atoms with Gasteiger partial charge in [-0.25, -0.2) is 4.39 Å². The molecular weight excluding hydrogens is 451 g/mol. The lowest BCUT2D eigenvalue weighted by Gasteiger charge is -2.29. The van der Waals surface area contributed by atoms with Gasteiger partial charge in [-0.1, -0.05) is 32.0 Å². The van der Waals surface area contributed by atoms with Gasteiger partial charge in [0.15, 0.2) is 0 Å². The molecule has 0 atom stereocenters. The van der Waals surface area contributed by atoms with Gasteiger partial charge in [0, 0.05) is 59.8 Å². The number of anilines is 3. The van der Waals surface area contributed by atoms with E-state index in [1.165, 1.54) is 6.07 Å². The molecule has 0 unspecified atom stereocenters. The van der Waals surface area contributed by atoms with E-state index in [0.717, 1.165) is 47.1 Å². The van der Waals surface area contributed by atoms with Gasteiger partial charge in [0.2, 0.25) is 5.76 Å². The highest BCUT2D eigenvalue weighted by atomic mass is 32.2. The quantitative estimate of drug-likeness (QED) is 0.458. The summed E-state index contributed by atoms with van der Waals surface area (Å²) in [5.41, 5.74) is 4.75. The van der Waals surface area contributed by atoms with Crippen LogP contribution in [-0.4, -0.2) is 42.2 Å². The van der Waals surface area contributed by atoms with Crippen LogP contribution >= 0.6 is 11.8 Å². The summed E-state index contributed by atoms with van der Waals surface area (Å²) in [7, 11) is 0. The van der Waals surface area contributed by atoms with Gasteiger partial charge >= 0.3 is 0 Å². The Morgan fingerprint density at radius 3 is 2.62 bits per heavy atom. The second kappa shape index (κ2) is 10.1. The molecule has 0 saturated carbocycles. The smallest absolute Gasteiger partial charge is 0.289 e. The summed E-state index contributed by atoms with van der Waals surface area (Å²) in [6.45, 7) is 10.5. The van der Waals surface area contributed by atoms with Gasteiger partial charge < -0.3 is 20.1 Å². The average molecular weight is 483 g/mol. The molecule has 2 aromatic carbocycles. The summed E-state index contributed by atoms with van der Waals surface area (Å²) in [5.74, 6) is 1.71. The van der Waals surface area contributed by atoms with Crippen LogP contribution in [0.5, 0.6) is 0 Å². The van der Waals surface area contributed by atoms with Crippen molar-refractivity contribution >= 4 is 34.7 Å². The van der Waals surface area contributed by atoms with Gasteiger partial charge in [0.05, 0.1) is 0 Å². The van der Waals surface area contributed by atoms with E-state index >= 15 is 0 Å². The summed E-state index contributed by atoms with van der Waals surface area (Å²) in [6.07, 6.45) is 0. The predicted molar refractivity (Wildman–Crippen MR) is 138 cm³/mol. The van der Waals surface area contributed by atoms with Crippen molar-refractivity contribution in [3.8, 4) is 11.3 Å². The van der Waals surface area contributed by atoms with E-state index in [4.69, 9.17) is 4.52 Å². The van der Waals surface area contributed by atoms with Crippen LogP contribution in [0.15, 0.2) is 47.0 Å². The summed E-state index contributed by atoms with van der Waals surface area (Å²) in [4.78, 5) is 14.6. The van der Waals surface area contributed by atoms with Gasteiger partial charge in [0.25, 0.3) is 5.91 Å². The first-order chi connectivity index (χ1) is 16.2. The highest BCUT2D eigenvalue weighted by Gasteiger charge is 2.18. The van der Waals surface area contributed by atoms with Crippen LogP contribution in [0.25, 0.3) is 11.3 Å². The fourth-order valence-corrected chi connectivity index (χ4v) is 4.64. The van der Waals surface area contributed by atoms with Gasteiger partial charge in [-0.15, -0.1) is 0 Å². The number of nitrogens with zero attached hydrogens (tertiary/aromatic N) is 2. The summed E-state index contributed by atoms with van der Waals surface area (Å²) >= 11 is 1.92. The Bertz CT molecular complexity index is 1170. The van der Waals surface area contributed by atoms with E-state index in [-0.39, 0.29) is 22.9 Å². The van der Waals surface area contributed by atoms with Crippen molar-refractivity contribution in [3.63, 3.8) is 0 Å². The summed E-state index contributed by atoms with van der Waals surface area (Å²) in [5, 5.41) is 10.3. The fourth-order valence-electron chi connectivity index (χ4n) is 3.73. The Labute approximate surface area is 204 Å². The maximum atomic E-state index is 14.4. The first-order valence-electron chi connectivity index (χ1n) is 11.4. The van der Waals surface area contributed by atoms with E-state index in [0.29, 0.717) is 17.9 Å². The van der Waals surface area contributed by atoms with Crippen LogP contribution in [0.4, 0.5) is 21.5 Å². The summed E-state index contributed by atoms with van der Waals surface area (Å²) < 4.78 is 19.7. The lowest BCUT2D eigenvalue weighted by atomic mass is 9.97. The molecule has 0 spiro atoms. The Hall–Kier alpha value is -3.00. The molecule has 1 aliphatic rings. The molecule has 4 rings (SSSR count). The molecule has 8 heteroatoms. The molecule has 1 aliphatic heterocycles. The molecule has 1 aromatic heterocycles. The third kappa shape index (κ3) is 6.11. The second-order valence-corrected chi connectivity index (χ2v) is 11.0. The Balaban J connectivity index is 1.53. The van der Waals surface area contributed by atoms with Crippen molar-refractivity contribution in [2.24, 2.45) is 5.41 Å². The van der Waals surface area contributed by atoms with Crippen molar-refractivity contribution in [2.75, 3.05) is 41.4 Å². The van der Waals surface area contributed by atoms with Crippen molar-refractivity contribution in [3.05, 3.63) is 59.6 Å². The van der Waals surface area contributed by atoms with E-state index < -0.39 is 0 Å². The van der Waals surface area contributed by atoms with Crippen LogP contribution in [-0.2, 0) is 0 Å². The first kappa shape index (κ1) is 24.1. The number of benzene rings is 2. The zero-order valence-electron chi connectivity index (χ0n) is 20.1. The lowest BCUT2D eigenvalue weighted by Crippen LogP contribution is -2.32. The molecular formula is C26H31FN4O2S. The SMILES string of the molecule is Cc1ccc(Nc2cc(F)cc(N3CCSCC3)c2)cc1-c1cc(C(=O)NCC(C)(C)C)on1. The van der Waals surface area contributed by atoms with Crippen molar-refractivity contribution < 1.29 is 13.7 Å². The molecule has 6 nitrogen and oxygen atoms in total. The maximum absolute atomic E-state index is 14.4. The molecule has 2 N–H and O–H groups in total. The maximum Gasteiger partial charge on any atom is 0.289 e. The zero-order valence-corrected chi connectivity index (χ0v) is 20.9. The number of carbonyl (C=O) groups is 1. The minimum Gasteiger partial charge on any atom is -0.370 e. The number of hydrogen-bond acceptors (Lipinski definition) is 6. The number of rotatable bonds is 6. The fraction of sp³-hybridized carbons (Fsp3) is 0.385. The Morgan fingerprint density at radius 2 is 1.88 bits per heavy atom. The van der Waals surface area contributed by atoms with Crippen LogP contribution in [0.3, 0.4) is 0 Å². The Morgan fingerprint density at radius 1 is 1.12 bits per heavy atom. The number of aromatic nitrogens is 1. The number of thioether (sulfide) groups is 1. The molecule has 1 amide bonds. The van der Waals surface area contributed by atoms with Crippen LogP contribution < -0.4 is 15.5 Å². The lowest BCUT2D eigenvalue weighted by molar-refractivity contribution is 0.0902. The number of amides is 1. The molecule has 180 valence electrons. The van der Waals surface area contributed by atoms with Crippen molar-refractivity contribution in [1.29, 1.82) is 0 Å². The third-order valence-corrected chi connectivity index (χ3v) is 6.52. The van der Waals surface area contributed by atoms with Crippen LogP contribution in [0.1, 0.15) is 36.9 Å². The monoisotopic (exact) mass is 482 g/mol. The molecule has 3 aromatic rings. The number of aryl methyl sites for hydroxylation is 1. The van der Waals surface area contributed by atoms with Gasteiger partial charge in [-0.2, -0.15) is 11.8 Å². The molecule has 1 fully saturated rings. The van der Waals surface area contributed by atoms with Gasteiger partial charge in [-0.05, 0) is 48.2 Å². The van der Waals surface area contributed by atoms with Crippen LogP contribution in [0.2, 0.25) is 0 Å². The molecule has 0 bridgehead atoms. The highest BCUT2D eigenvalue weighted by molar-refractivity contribution is 7.99. The zero-order chi connectivity index (χ0) is 24.3. The molecule has 0 aliphatic carbocycles.